The second-order valence-electron chi connectivity index (χ2n) is 1.56. The molecular weight excluding hydrogens is 102 g/mol. The van der Waals surface area contributed by atoms with E-state index in [1.807, 2.05) is 0 Å². The van der Waals surface area contributed by atoms with Crippen molar-refractivity contribution in [3.8, 4) is 0 Å². The third-order valence-electron chi connectivity index (χ3n) is 0.829. The highest BCUT2D eigenvalue weighted by Crippen LogP contribution is 1.80. The van der Waals surface area contributed by atoms with Crippen molar-refractivity contribution in [2.75, 3.05) is 13.6 Å². The highest BCUT2D eigenvalue weighted by molar-refractivity contribution is 5.80. The smallest absolute Gasteiger partial charge is 0.223 e. The lowest BCUT2D eigenvalue weighted by Crippen LogP contribution is -2.23. The van der Waals surface area contributed by atoms with Crippen molar-refractivity contribution in [1.82, 2.24) is 4.90 Å². The van der Waals surface area contributed by atoms with Crippen LogP contribution >= 0.6 is 0 Å². The number of carbonyl (C=O) groups is 1. The van der Waals surface area contributed by atoms with Crippen molar-refractivity contribution < 1.29 is 4.79 Å². The summed E-state index contributed by atoms with van der Waals surface area (Å²) in [6, 6.07) is 0. The number of nitrogens with zero attached hydrogens (tertiary/aromatic N) is 1. The maximum atomic E-state index is 10.3. The summed E-state index contributed by atoms with van der Waals surface area (Å²) in [5, 5.41) is 0. The predicted octanol–water partition coefficient (Wildman–Crippen LogP) is 0.465. The minimum Gasteiger partial charge on any atom is -0.342 e. The van der Waals surface area contributed by atoms with Crippen LogP contribution in [0.1, 0.15) is 0 Å². The van der Waals surface area contributed by atoms with Crippen LogP contribution < -0.4 is 0 Å². The molecule has 0 aromatic heterocycles. The van der Waals surface area contributed by atoms with Crippen molar-refractivity contribution in [3.63, 3.8) is 0 Å². The SMILES string of the molecule is [CH2]C(=O)N(C)CC=C. The van der Waals surface area contributed by atoms with Crippen LogP contribution in [0.3, 0.4) is 0 Å². The number of likely N-dealkylation sites (N-methyl/N-ethyl adjacent to an activating group) is 1. The summed E-state index contributed by atoms with van der Waals surface area (Å²) >= 11 is 0. The standard InChI is InChI=1S/C6H10NO/c1-4-5-7(3)6(2)8/h4H,1-2,5H2,3H3. The summed E-state index contributed by atoms with van der Waals surface area (Å²) < 4.78 is 0. The van der Waals surface area contributed by atoms with Gasteiger partial charge in [0, 0.05) is 20.5 Å². The Hall–Kier alpha value is -0.790. The molecule has 2 nitrogen and oxygen atoms in total. The van der Waals surface area contributed by atoms with Gasteiger partial charge in [-0.15, -0.1) is 6.58 Å². The van der Waals surface area contributed by atoms with Gasteiger partial charge in [-0.05, 0) is 0 Å². The van der Waals surface area contributed by atoms with E-state index < -0.39 is 0 Å². The zero-order valence-corrected chi connectivity index (χ0v) is 5.05. The van der Waals surface area contributed by atoms with Crippen molar-refractivity contribution in [1.29, 1.82) is 0 Å². The highest BCUT2D eigenvalue weighted by atomic mass is 16.2. The van der Waals surface area contributed by atoms with Gasteiger partial charge in [-0.3, -0.25) is 4.79 Å². The third kappa shape index (κ3) is 2.39. The summed E-state index contributed by atoms with van der Waals surface area (Å²) in [6.07, 6.45) is 1.66. The van der Waals surface area contributed by atoms with Crippen LogP contribution in [-0.2, 0) is 4.79 Å². The van der Waals surface area contributed by atoms with E-state index in [0.29, 0.717) is 6.54 Å². The molecule has 0 unspecified atom stereocenters. The van der Waals surface area contributed by atoms with E-state index in [2.05, 4.69) is 13.5 Å². The van der Waals surface area contributed by atoms with Crippen LogP contribution in [0.4, 0.5) is 0 Å². The van der Waals surface area contributed by atoms with Crippen LogP contribution in [0, 0.1) is 6.92 Å². The molecule has 0 bridgehead atoms. The second kappa shape index (κ2) is 3.24. The number of carbonyl (C=O) groups excluding carboxylic acids is 1. The fourth-order valence-corrected chi connectivity index (χ4v) is 0.295. The average molecular weight is 112 g/mol. The monoisotopic (exact) mass is 112 g/mol. The molecule has 0 rings (SSSR count). The molecule has 0 saturated carbocycles. The Morgan fingerprint density at radius 2 is 2.38 bits per heavy atom. The van der Waals surface area contributed by atoms with E-state index in [1.54, 1.807) is 13.1 Å². The summed E-state index contributed by atoms with van der Waals surface area (Å²) in [5.41, 5.74) is 0. The number of hydrogen-bond donors (Lipinski definition) is 0. The van der Waals surface area contributed by atoms with Gasteiger partial charge in [-0.2, -0.15) is 0 Å². The molecule has 0 aliphatic carbocycles. The van der Waals surface area contributed by atoms with Gasteiger partial charge in [0.25, 0.3) is 0 Å². The van der Waals surface area contributed by atoms with E-state index >= 15 is 0 Å². The van der Waals surface area contributed by atoms with Gasteiger partial charge in [0.2, 0.25) is 5.91 Å². The minimum atomic E-state index is -0.176. The van der Waals surface area contributed by atoms with Gasteiger partial charge < -0.3 is 4.90 Å². The lowest BCUT2D eigenvalue weighted by Gasteiger charge is -2.09. The first-order valence-corrected chi connectivity index (χ1v) is 2.36. The Kier molecular flexibility index (Phi) is 2.92. The Morgan fingerprint density at radius 3 is 2.50 bits per heavy atom. The Bertz CT molecular complexity index is 98.7. The first-order chi connectivity index (χ1) is 3.68. The molecule has 0 fully saturated rings. The lowest BCUT2D eigenvalue weighted by atomic mass is 10.5. The molecule has 8 heavy (non-hydrogen) atoms. The van der Waals surface area contributed by atoms with Crippen LogP contribution in [0.5, 0.6) is 0 Å². The zero-order chi connectivity index (χ0) is 6.57. The van der Waals surface area contributed by atoms with Gasteiger partial charge in [0.1, 0.15) is 0 Å². The largest absolute Gasteiger partial charge is 0.342 e. The van der Waals surface area contributed by atoms with E-state index in [4.69, 9.17) is 0 Å². The topological polar surface area (TPSA) is 20.3 Å². The zero-order valence-electron chi connectivity index (χ0n) is 5.05. The van der Waals surface area contributed by atoms with Gasteiger partial charge in [-0.1, -0.05) is 6.08 Å². The summed E-state index contributed by atoms with van der Waals surface area (Å²) in [6.45, 7) is 7.23. The Labute approximate surface area is 49.8 Å². The molecule has 0 aliphatic heterocycles. The van der Waals surface area contributed by atoms with Gasteiger partial charge >= 0.3 is 0 Å². The molecule has 1 radical (unpaired) electrons. The highest BCUT2D eigenvalue weighted by Gasteiger charge is 1.95. The quantitative estimate of drug-likeness (QED) is 0.475. The fourth-order valence-electron chi connectivity index (χ4n) is 0.295. The molecule has 0 spiro atoms. The normalized spacial score (nSPS) is 8.25. The van der Waals surface area contributed by atoms with Crippen molar-refractivity contribution in [2.24, 2.45) is 0 Å². The maximum absolute atomic E-state index is 10.3. The molecule has 0 saturated heterocycles. The first-order valence-electron chi connectivity index (χ1n) is 2.36. The number of amides is 1. The minimum absolute atomic E-state index is 0.176. The molecule has 1 amide bonds. The molecule has 0 aliphatic rings. The van der Waals surface area contributed by atoms with E-state index in [-0.39, 0.29) is 5.91 Å². The van der Waals surface area contributed by atoms with E-state index in [1.165, 1.54) is 4.90 Å². The van der Waals surface area contributed by atoms with Crippen LogP contribution in [0.15, 0.2) is 12.7 Å². The maximum Gasteiger partial charge on any atom is 0.223 e. The Balaban J connectivity index is 3.46. The number of rotatable bonds is 2. The molecular formula is C6H10NO. The van der Waals surface area contributed by atoms with E-state index in [0.717, 1.165) is 0 Å². The molecule has 0 heterocycles. The van der Waals surface area contributed by atoms with Crippen LogP contribution in [0.25, 0.3) is 0 Å². The predicted molar refractivity (Wildman–Crippen MR) is 33.2 cm³/mol. The third-order valence-corrected chi connectivity index (χ3v) is 0.829. The summed E-state index contributed by atoms with van der Waals surface area (Å²) in [7, 11) is 1.68. The van der Waals surface area contributed by atoms with Crippen LogP contribution in [-0.4, -0.2) is 24.4 Å². The first kappa shape index (κ1) is 7.21. The molecule has 45 valence electrons. The lowest BCUT2D eigenvalue weighted by molar-refractivity contribution is -0.124. The van der Waals surface area contributed by atoms with Gasteiger partial charge in [0.05, 0.1) is 0 Å². The molecule has 0 aromatic rings. The van der Waals surface area contributed by atoms with Crippen molar-refractivity contribution in [3.05, 3.63) is 19.6 Å². The molecule has 0 aromatic carbocycles. The van der Waals surface area contributed by atoms with Crippen LogP contribution in [0.2, 0.25) is 0 Å². The van der Waals surface area contributed by atoms with Gasteiger partial charge in [0.15, 0.2) is 0 Å². The van der Waals surface area contributed by atoms with Gasteiger partial charge in [-0.25, -0.2) is 0 Å². The Morgan fingerprint density at radius 1 is 1.88 bits per heavy atom. The average Bonchev–Trinajstić information content (AvgIpc) is 1.67. The molecule has 2 heteroatoms. The fraction of sp³-hybridized carbons (Fsp3) is 0.333. The van der Waals surface area contributed by atoms with E-state index in [9.17, 15) is 4.79 Å². The molecule has 0 N–H and O–H groups in total. The van der Waals surface area contributed by atoms with Crippen molar-refractivity contribution in [2.45, 2.75) is 0 Å². The molecule has 0 atom stereocenters. The van der Waals surface area contributed by atoms with Crippen molar-refractivity contribution >= 4 is 5.91 Å². The number of hydrogen-bond acceptors (Lipinski definition) is 1. The summed E-state index contributed by atoms with van der Waals surface area (Å²) in [5.74, 6) is -0.176. The second-order valence-corrected chi connectivity index (χ2v) is 1.56. The summed E-state index contributed by atoms with van der Waals surface area (Å²) in [4.78, 5) is 11.8.